The second-order valence-electron chi connectivity index (χ2n) is 6.71. The van der Waals surface area contributed by atoms with Crippen LogP contribution in [0.1, 0.15) is 5.69 Å². The maximum atomic E-state index is 12.8. The Balaban J connectivity index is 1.48. The van der Waals surface area contributed by atoms with Gasteiger partial charge in [-0.25, -0.2) is 9.97 Å². The molecule has 0 atom stereocenters. The zero-order valence-corrected chi connectivity index (χ0v) is 17.2. The van der Waals surface area contributed by atoms with Crippen molar-refractivity contribution in [3.05, 3.63) is 72.7 Å². The third kappa shape index (κ3) is 5.45. The number of nitrogens with zero attached hydrogens (tertiary/aromatic N) is 4. The van der Waals surface area contributed by atoms with Gasteiger partial charge >= 0.3 is 6.18 Å². The van der Waals surface area contributed by atoms with Crippen LogP contribution in [0.15, 0.2) is 67.0 Å². The lowest BCUT2D eigenvalue weighted by Gasteiger charge is -2.11. The number of hydrogen-bond acceptors (Lipinski definition) is 8. The van der Waals surface area contributed by atoms with E-state index in [-0.39, 0.29) is 11.7 Å². The third-order valence-corrected chi connectivity index (χ3v) is 4.37. The average Bonchev–Trinajstić information content (AvgIpc) is 2.80. The molecule has 0 aliphatic rings. The predicted molar refractivity (Wildman–Crippen MR) is 115 cm³/mol. The number of nitrogen functional groups attached to an aromatic ring is 1. The molecule has 4 aromatic rings. The van der Waals surface area contributed by atoms with Crippen LogP contribution in [-0.2, 0) is 6.18 Å². The van der Waals surface area contributed by atoms with Crippen LogP contribution >= 0.6 is 0 Å². The van der Waals surface area contributed by atoms with Gasteiger partial charge in [0, 0.05) is 41.8 Å². The van der Waals surface area contributed by atoms with E-state index in [2.05, 4.69) is 25.3 Å². The second-order valence-corrected chi connectivity index (χ2v) is 6.71. The summed E-state index contributed by atoms with van der Waals surface area (Å²) in [4.78, 5) is 15.9. The van der Waals surface area contributed by atoms with Crippen molar-refractivity contribution in [2.24, 2.45) is 0 Å². The number of pyridine rings is 2. The van der Waals surface area contributed by atoms with E-state index in [0.717, 1.165) is 17.8 Å². The number of ether oxygens (including phenoxy) is 2. The molecule has 168 valence electrons. The third-order valence-electron chi connectivity index (χ3n) is 4.37. The Labute approximate surface area is 186 Å². The molecule has 0 bridgehead atoms. The smallest absolute Gasteiger partial charge is 0.433 e. The van der Waals surface area contributed by atoms with Crippen LogP contribution in [0, 0.1) is 0 Å². The zero-order valence-electron chi connectivity index (χ0n) is 17.2. The summed E-state index contributed by atoms with van der Waals surface area (Å²) < 4.78 is 49.0. The molecule has 0 unspecified atom stereocenters. The highest BCUT2D eigenvalue weighted by atomic mass is 19.4. The Morgan fingerprint density at radius 2 is 1.70 bits per heavy atom. The number of hydrogen-bond donors (Lipinski definition) is 2. The average molecular weight is 454 g/mol. The Kier molecular flexibility index (Phi) is 5.94. The van der Waals surface area contributed by atoms with Gasteiger partial charge in [0.05, 0.1) is 12.8 Å². The van der Waals surface area contributed by atoms with E-state index in [1.54, 1.807) is 48.7 Å². The summed E-state index contributed by atoms with van der Waals surface area (Å²) in [6, 6.07) is 14.0. The minimum absolute atomic E-state index is 0.0272. The van der Waals surface area contributed by atoms with Crippen LogP contribution in [-0.4, -0.2) is 27.0 Å². The molecule has 8 nitrogen and oxygen atoms in total. The topological polar surface area (TPSA) is 108 Å². The predicted octanol–water partition coefficient (Wildman–Crippen LogP) is 5.08. The summed E-state index contributed by atoms with van der Waals surface area (Å²) in [6.45, 7) is 0. The number of alkyl halides is 3. The lowest BCUT2D eigenvalue weighted by molar-refractivity contribution is -0.141. The van der Waals surface area contributed by atoms with Gasteiger partial charge in [0.25, 0.3) is 0 Å². The molecular formula is C22H17F3N6O2. The summed E-state index contributed by atoms with van der Waals surface area (Å²) in [6.07, 6.45) is -1.89. The summed E-state index contributed by atoms with van der Waals surface area (Å²) in [5.41, 5.74) is 6.78. The highest BCUT2D eigenvalue weighted by Crippen LogP contribution is 2.31. The van der Waals surface area contributed by atoms with Crippen molar-refractivity contribution in [1.29, 1.82) is 0 Å². The quantitative estimate of drug-likeness (QED) is 0.415. The first-order valence-corrected chi connectivity index (χ1v) is 9.53. The number of rotatable bonds is 6. The SMILES string of the molecule is COc1ccc(-c2cc(Nc3ccc(Oc4ccnc(C(F)(F)F)c4)cc3)nc(N)n2)cn1. The van der Waals surface area contributed by atoms with Crippen LogP contribution in [0.5, 0.6) is 17.4 Å². The number of nitrogens with one attached hydrogen (secondary N) is 1. The van der Waals surface area contributed by atoms with Gasteiger partial charge in [0.1, 0.15) is 23.0 Å². The Bertz CT molecular complexity index is 1250. The molecule has 0 spiro atoms. The van der Waals surface area contributed by atoms with Gasteiger partial charge < -0.3 is 20.5 Å². The Morgan fingerprint density at radius 1 is 0.909 bits per heavy atom. The summed E-state index contributed by atoms with van der Waals surface area (Å²) in [7, 11) is 1.53. The van der Waals surface area contributed by atoms with Crippen molar-refractivity contribution >= 4 is 17.5 Å². The van der Waals surface area contributed by atoms with E-state index < -0.39 is 11.9 Å². The van der Waals surface area contributed by atoms with E-state index in [1.165, 1.54) is 13.2 Å². The van der Waals surface area contributed by atoms with E-state index in [0.29, 0.717) is 28.8 Å². The molecule has 0 aliphatic heterocycles. The molecule has 3 aromatic heterocycles. The van der Waals surface area contributed by atoms with Gasteiger partial charge in [-0.15, -0.1) is 0 Å². The minimum atomic E-state index is -4.55. The lowest BCUT2D eigenvalue weighted by Crippen LogP contribution is -2.07. The van der Waals surface area contributed by atoms with Crippen molar-refractivity contribution in [2.45, 2.75) is 6.18 Å². The molecule has 0 radical (unpaired) electrons. The number of aromatic nitrogens is 4. The first kappa shape index (κ1) is 21.8. The van der Waals surface area contributed by atoms with Crippen LogP contribution in [0.25, 0.3) is 11.3 Å². The fourth-order valence-corrected chi connectivity index (χ4v) is 2.85. The number of benzene rings is 1. The molecule has 1 aromatic carbocycles. The maximum absolute atomic E-state index is 12.8. The Hall–Kier alpha value is -4.41. The normalized spacial score (nSPS) is 11.2. The van der Waals surface area contributed by atoms with Gasteiger partial charge in [0.15, 0.2) is 0 Å². The van der Waals surface area contributed by atoms with Crippen molar-refractivity contribution in [2.75, 3.05) is 18.2 Å². The molecule has 0 saturated carbocycles. The number of nitrogens with two attached hydrogens (primary N) is 1. The van der Waals surface area contributed by atoms with Crippen molar-refractivity contribution in [1.82, 2.24) is 19.9 Å². The molecule has 3 heterocycles. The van der Waals surface area contributed by atoms with Gasteiger partial charge in [-0.3, -0.25) is 4.98 Å². The lowest BCUT2D eigenvalue weighted by atomic mass is 10.2. The highest BCUT2D eigenvalue weighted by Gasteiger charge is 2.32. The maximum Gasteiger partial charge on any atom is 0.433 e. The Morgan fingerprint density at radius 3 is 2.36 bits per heavy atom. The van der Waals surface area contributed by atoms with Crippen LogP contribution in [0.3, 0.4) is 0 Å². The fraction of sp³-hybridized carbons (Fsp3) is 0.0909. The van der Waals surface area contributed by atoms with Crippen LogP contribution < -0.4 is 20.5 Å². The van der Waals surface area contributed by atoms with Gasteiger partial charge in [-0.2, -0.15) is 18.2 Å². The number of anilines is 3. The van der Waals surface area contributed by atoms with E-state index in [4.69, 9.17) is 15.2 Å². The first-order chi connectivity index (χ1) is 15.8. The molecule has 11 heteroatoms. The fourth-order valence-electron chi connectivity index (χ4n) is 2.85. The number of methoxy groups -OCH3 is 1. The summed E-state index contributed by atoms with van der Waals surface area (Å²) >= 11 is 0. The van der Waals surface area contributed by atoms with E-state index in [1.807, 2.05) is 0 Å². The largest absolute Gasteiger partial charge is 0.481 e. The monoisotopic (exact) mass is 454 g/mol. The summed E-state index contributed by atoms with van der Waals surface area (Å²) in [5, 5.41) is 3.11. The van der Waals surface area contributed by atoms with E-state index >= 15 is 0 Å². The molecule has 0 aliphatic carbocycles. The molecule has 0 fully saturated rings. The molecule has 0 amide bonds. The number of halogens is 3. The first-order valence-electron chi connectivity index (χ1n) is 9.53. The molecule has 0 saturated heterocycles. The zero-order chi connectivity index (χ0) is 23.4. The molecule has 33 heavy (non-hydrogen) atoms. The highest BCUT2D eigenvalue weighted by molar-refractivity contribution is 5.67. The molecular weight excluding hydrogens is 437 g/mol. The second kappa shape index (κ2) is 8.99. The van der Waals surface area contributed by atoms with Gasteiger partial charge in [-0.05, 0) is 36.4 Å². The van der Waals surface area contributed by atoms with Gasteiger partial charge in [0.2, 0.25) is 11.8 Å². The van der Waals surface area contributed by atoms with Crippen molar-refractivity contribution in [3.63, 3.8) is 0 Å². The summed E-state index contributed by atoms with van der Waals surface area (Å²) in [5.74, 6) is 1.38. The van der Waals surface area contributed by atoms with Crippen molar-refractivity contribution < 1.29 is 22.6 Å². The van der Waals surface area contributed by atoms with Gasteiger partial charge in [-0.1, -0.05) is 0 Å². The van der Waals surface area contributed by atoms with Crippen LogP contribution in [0.4, 0.5) is 30.6 Å². The molecule has 3 N–H and O–H groups in total. The van der Waals surface area contributed by atoms with Crippen LogP contribution in [0.2, 0.25) is 0 Å². The standard InChI is InChI=1S/C22H17F3N6O2/c1-32-20-7-2-13(12-28-20)17-11-19(31-21(26)30-17)29-14-3-5-15(6-4-14)33-16-8-9-27-18(10-16)22(23,24)25/h2-12H,1H3,(H3,26,29,30,31). The minimum Gasteiger partial charge on any atom is -0.481 e. The molecule has 4 rings (SSSR count). The van der Waals surface area contributed by atoms with Crippen molar-refractivity contribution in [3.8, 4) is 28.6 Å². The van der Waals surface area contributed by atoms with E-state index in [9.17, 15) is 13.2 Å².